The van der Waals surface area contributed by atoms with E-state index in [1.165, 1.54) is 51.4 Å². The highest BCUT2D eigenvalue weighted by Crippen LogP contribution is 2.43. The van der Waals surface area contributed by atoms with Crippen LogP contribution >= 0.6 is 15.9 Å². The molecule has 0 aromatic carbocycles. The summed E-state index contributed by atoms with van der Waals surface area (Å²) in [6, 6.07) is 0. The molecule has 1 unspecified atom stereocenters. The fraction of sp³-hybridized carbons (Fsp3) is 1.00. The first-order chi connectivity index (χ1) is 8.70. The molecule has 1 atom stereocenters. The molecule has 0 N–H and O–H groups in total. The van der Waals surface area contributed by atoms with Crippen LogP contribution in [0.5, 0.6) is 0 Å². The summed E-state index contributed by atoms with van der Waals surface area (Å²) in [5.74, 6) is 4.20. The fourth-order valence-electron chi connectivity index (χ4n) is 4.43. The van der Waals surface area contributed by atoms with Gasteiger partial charge in [-0.3, -0.25) is 0 Å². The zero-order valence-corrected chi connectivity index (χ0v) is 13.9. The van der Waals surface area contributed by atoms with Crippen LogP contribution in [0, 0.1) is 23.7 Å². The Kier molecular flexibility index (Phi) is 6.04. The van der Waals surface area contributed by atoms with Gasteiger partial charge in [0.15, 0.2) is 0 Å². The van der Waals surface area contributed by atoms with Gasteiger partial charge in [0.1, 0.15) is 0 Å². The molecule has 0 spiro atoms. The summed E-state index contributed by atoms with van der Waals surface area (Å²) in [5.41, 5.74) is 0. The molecule has 0 aromatic heterocycles. The second kappa shape index (κ2) is 7.31. The minimum atomic E-state index is 0.735. The Hall–Kier alpha value is 0.480. The smallest absolute Gasteiger partial charge is 0.0145 e. The van der Waals surface area contributed by atoms with Crippen molar-refractivity contribution < 1.29 is 0 Å². The number of halogens is 1. The van der Waals surface area contributed by atoms with Crippen LogP contribution in [0.3, 0.4) is 0 Å². The summed E-state index contributed by atoms with van der Waals surface area (Å²) in [4.78, 5) is 0.735. The molecule has 2 saturated carbocycles. The Labute approximate surface area is 122 Å². The Morgan fingerprint density at radius 1 is 0.889 bits per heavy atom. The Morgan fingerprint density at radius 2 is 1.39 bits per heavy atom. The molecule has 2 fully saturated rings. The Balaban J connectivity index is 1.71. The van der Waals surface area contributed by atoms with Crippen LogP contribution in [-0.4, -0.2) is 4.83 Å². The lowest BCUT2D eigenvalue weighted by Crippen LogP contribution is -2.27. The normalized spacial score (nSPS) is 39.5. The van der Waals surface area contributed by atoms with Crippen molar-refractivity contribution in [1.82, 2.24) is 0 Å². The number of hydrogen-bond acceptors (Lipinski definition) is 0. The molecule has 0 nitrogen and oxygen atoms in total. The second-order valence-corrected chi connectivity index (χ2v) is 8.37. The van der Waals surface area contributed by atoms with Gasteiger partial charge in [0.05, 0.1) is 0 Å². The lowest BCUT2D eigenvalue weighted by Gasteiger charge is -2.38. The first-order valence-corrected chi connectivity index (χ1v) is 9.26. The minimum Gasteiger partial charge on any atom is -0.0891 e. The average molecular weight is 315 g/mol. The molecule has 0 aliphatic heterocycles. The highest BCUT2D eigenvalue weighted by molar-refractivity contribution is 9.09. The van der Waals surface area contributed by atoms with E-state index in [1.807, 2.05) is 0 Å². The van der Waals surface area contributed by atoms with E-state index in [1.54, 1.807) is 12.8 Å². The summed E-state index contributed by atoms with van der Waals surface area (Å²) in [5, 5.41) is 0. The van der Waals surface area contributed by atoms with Crippen molar-refractivity contribution in [2.45, 2.75) is 82.9 Å². The zero-order valence-electron chi connectivity index (χ0n) is 12.3. The molecule has 2 rings (SSSR count). The molecule has 18 heavy (non-hydrogen) atoms. The SMILES string of the molecule is CCCC1CCC(C2CCC(C(C)Br)CC2)CC1. The molecule has 2 aliphatic carbocycles. The van der Waals surface area contributed by atoms with Gasteiger partial charge >= 0.3 is 0 Å². The molecule has 0 radical (unpaired) electrons. The molecule has 0 saturated heterocycles. The van der Waals surface area contributed by atoms with Crippen LogP contribution in [0.15, 0.2) is 0 Å². The van der Waals surface area contributed by atoms with Crippen LogP contribution in [0.4, 0.5) is 0 Å². The van der Waals surface area contributed by atoms with Gasteiger partial charge in [0, 0.05) is 4.83 Å². The Morgan fingerprint density at radius 3 is 1.83 bits per heavy atom. The van der Waals surface area contributed by atoms with Crippen molar-refractivity contribution in [3.05, 3.63) is 0 Å². The topological polar surface area (TPSA) is 0 Å². The predicted octanol–water partition coefficient (Wildman–Crippen LogP) is 6.18. The maximum absolute atomic E-state index is 3.78. The number of alkyl halides is 1. The van der Waals surface area contributed by atoms with Crippen molar-refractivity contribution in [3.63, 3.8) is 0 Å². The van der Waals surface area contributed by atoms with Gasteiger partial charge in [0.25, 0.3) is 0 Å². The summed E-state index contributed by atoms with van der Waals surface area (Å²) < 4.78 is 0. The molecule has 106 valence electrons. The van der Waals surface area contributed by atoms with E-state index in [4.69, 9.17) is 0 Å². The van der Waals surface area contributed by atoms with Gasteiger partial charge in [-0.25, -0.2) is 0 Å². The largest absolute Gasteiger partial charge is 0.0891 e. The summed E-state index contributed by atoms with van der Waals surface area (Å²) in [6.45, 7) is 4.68. The monoisotopic (exact) mass is 314 g/mol. The van der Waals surface area contributed by atoms with Crippen LogP contribution in [0.2, 0.25) is 0 Å². The van der Waals surface area contributed by atoms with Gasteiger partial charge in [-0.1, -0.05) is 55.5 Å². The lowest BCUT2D eigenvalue weighted by molar-refractivity contribution is 0.144. The van der Waals surface area contributed by atoms with Gasteiger partial charge in [-0.15, -0.1) is 0 Å². The summed E-state index contributed by atoms with van der Waals surface area (Å²) in [7, 11) is 0. The first-order valence-electron chi connectivity index (χ1n) is 8.34. The van der Waals surface area contributed by atoms with E-state index in [0.717, 1.165) is 28.5 Å². The average Bonchev–Trinajstić information content (AvgIpc) is 2.40. The van der Waals surface area contributed by atoms with Gasteiger partial charge in [-0.05, 0) is 62.2 Å². The standard InChI is InChI=1S/C17H31Br/c1-3-4-14-5-7-16(8-6-14)17-11-9-15(10-12-17)13(2)18/h13-17H,3-12H2,1-2H3. The minimum absolute atomic E-state index is 0.735. The molecule has 0 amide bonds. The van der Waals surface area contributed by atoms with Crippen molar-refractivity contribution in [3.8, 4) is 0 Å². The van der Waals surface area contributed by atoms with Gasteiger partial charge in [0.2, 0.25) is 0 Å². The molecule has 2 aliphatic rings. The number of hydrogen-bond donors (Lipinski definition) is 0. The van der Waals surface area contributed by atoms with E-state index in [2.05, 4.69) is 29.8 Å². The van der Waals surface area contributed by atoms with Crippen LogP contribution < -0.4 is 0 Å². The first kappa shape index (κ1) is 14.9. The van der Waals surface area contributed by atoms with Gasteiger partial charge in [-0.2, -0.15) is 0 Å². The second-order valence-electron chi connectivity index (χ2n) is 6.92. The van der Waals surface area contributed by atoms with Crippen molar-refractivity contribution in [2.75, 3.05) is 0 Å². The van der Waals surface area contributed by atoms with E-state index in [9.17, 15) is 0 Å². The van der Waals surface area contributed by atoms with E-state index < -0.39 is 0 Å². The van der Waals surface area contributed by atoms with Crippen LogP contribution in [0.1, 0.15) is 78.1 Å². The molecule has 1 heteroatoms. The third-order valence-corrected chi connectivity index (χ3v) is 6.47. The molecule has 0 bridgehead atoms. The Bertz CT molecular complexity index is 220. The maximum atomic E-state index is 3.78. The third kappa shape index (κ3) is 3.99. The molecular weight excluding hydrogens is 284 g/mol. The quantitative estimate of drug-likeness (QED) is 0.543. The molecule has 0 heterocycles. The molecule has 0 aromatic rings. The van der Waals surface area contributed by atoms with Gasteiger partial charge < -0.3 is 0 Å². The van der Waals surface area contributed by atoms with E-state index in [-0.39, 0.29) is 0 Å². The summed E-state index contributed by atoms with van der Waals surface area (Å²) in [6.07, 6.45) is 15.0. The highest BCUT2D eigenvalue weighted by Gasteiger charge is 2.31. The lowest BCUT2D eigenvalue weighted by atomic mass is 9.68. The highest BCUT2D eigenvalue weighted by atomic mass is 79.9. The molecular formula is C17H31Br. The van der Waals surface area contributed by atoms with Crippen molar-refractivity contribution in [1.29, 1.82) is 0 Å². The van der Waals surface area contributed by atoms with Crippen molar-refractivity contribution in [2.24, 2.45) is 23.7 Å². The predicted molar refractivity (Wildman–Crippen MR) is 84.2 cm³/mol. The number of rotatable bonds is 4. The van der Waals surface area contributed by atoms with Crippen LogP contribution in [0.25, 0.3) is 0 Å². The van der Waals surface area contributed by atoms with Crippen molar-refractivity contribution >= 4 is 15.9 Å². The maximum Gasteiger partial charge on any atom is 0.0145 e. The third-order valence-electron chi connectivity index (χ3n) is 5.72. The zero-order chi connectivity index (χ0) is 13.0. The van der Waals surface area contributed by atoms with E-state index >= 15 is 0 Å². The summed E-state index contributed by atoms with van der Waals surface area (Å²) >= 11 is 3.78. The van der Waals surface area contributed by atoms with E-state index in [0.29, 0.717) is 0 Å². The fourth-order valence-corrected chi connectivity index (χ4v) is 4.96. The van der Waals surface area contributed by atoms with Crippen LogP contribution in [-0.2, 0) is 0 Å².